The Morgan fingerprint density at radius 3 is 2.43 bits per heavy atom. The third-order valence-corrected chi connectivity index (χ3v) is 12.1. The van der Waals surface area contributed by atoms with E-state index in [1.807, 2.05) is 41.5 Å². The van der Waals surface area contributed by atoms with Crippen LogP contribution < -0.4 is 10.6 Å². The first-order valence-electron chi connectivity index (χ1n) is 16.9. The number of aryl methyl sites for hydroxylation is 2. The van der Waals surface area contributed by atoms with Gasteiger partial charge in [-0.1, -0.05) is 0 Å². The Hall–Kier alpha value is -4.07. The average Bonchev–Trinajstić information content (AvgIpc) is 3.85. The van der Waals surface area contributed by atoms with E-state index in [4.69, 9.17) is 19.2 Å². The lowest BCUT2D eigenvalue weighted by molar-refractivity contribution is -0.137. The maximum absolute atomic E-state index is 13.2. The molecule has 0 saturated carbocycles. The lowest BCUT2D eigenvalue weighted by atomic mass is 9.86. The number of hydrogen-bond donors (Lipinski definition) is 2. The average molecular weight is 705 g/mol. The van der Waals surface area contributed by atoms with Gasteiger partial charge in [0.15, 0.2) is 0 Å². The normalized spacial score (nSPS) is 23.9. The third kappa shape index (κ3) is 7.15. The molecule has 11 nitrogen and oxygen atoms in total. The number of esters is 1. The molecule has 1 saturated heterocycles. The number of allylic oxidation sites excluding steroid dienone is 2. The first-order valence-corrected chi connectivity index (χ1v) is 18.5. The van der Waals surface area contributed by atoms with Crippen LogP contribution in [0.15, 0.2) is 40.4 Å². The van der Waals surface area contributed by atoms with Crippen molar-refractivity contribution in [1.29, 1.82) is 0 Å². The summed E-state index contributed by atoms with van der Waals surface area (Å²) in [5.74, 6) is -0.00350. The van der Waals surface area contributed by atoms with Crippen LogP contribution in [0.4, 0.5) is 0 Å². The molecule has 5 aliphatic rings. The molecular formula is C36H40N4O7S2. The molecule has 0 spiro atoms. The fourth-order valence-corrected chi connectivity index (χ4v) is 9.27. The maximum Gasteiger partial charge on any atom is 0.348 e. The highest BCUT2D eigenvalue weighted by Gasteiger charge is 2.43. The van der Waals surface area contributed by atoms with Crippen molar-refractivity contribution in [2.75, 3.05) is 27.4 Å². The zero-order chi connectivity index (χ0) is 34.1. The smallest absolute Gasteiger partial charge is 0.348 e. The van der Waals surface area contributed by atoms with E-state index in [0.717, 1.165) is 64.5 Å². The van der Waals surface area contributed by atoms with Gasteiger partial charge in [-0.25, -0.2) is 4.79 Å². The molecular weight excluding hydrogens is 665 g/mol. The molecule has 3 amide bonds. The Bertz CT molecular complexity index is 1790. The topological polar surface area (TPSA) is 136 Å². The lowest BCUT2D eigenvalue weighted by Gasteiger charge is -2.33. The molecule has 0 aromatic carbocycles. The summed E-state index contributed by atoms with van der Waals surface area (Å²) in [6, 6.07) is 3.53. The summed E-state index contributed by atoms with van der Waals surface area (Å²) < 4.78 is 16.6. The Morgan fingerprint density at radius 1 is 0.980 bits per heavy atom. The number of methoxy groups -OCH3 is 2. The number of nitrogens with one attached hydrogen (secondary N) is 2. The zero-order valence-corrected chi connectivity index (χ0v) is 29.3. The van der Waals surface area contributed by atoms with Crippen LogP contribution in [0, 0.1) is 5.92 Å². The minimum atomic E-state index is -0.350. The standard InChI is InChI=1S/C36H40N4O7S2/c1-45-27-17-25-26(37-19-24-5-3-11-40(24)35(25)43)18-28(27)47-12-4-6-33(41)38-22-7-9-29-20(13-22)15-31(48-29)34(42)39-23-8-10-30-21(14-23)16-32(49-30)36(44)46-2/h13-16,18-19,24-27H,3-12,17H2,1-2H3,(H,38,41)(H,39,42)/t24-,25?,26?,27?/m0/s1. The second kappa shape index (κ2) is 14.4. The molecule has 4 atom stereocenters. The molecule has 2 aliphatic heterocycles. The fraction of sp³-hybridized carbons (Fsp3) is 0.472. The number of thiophene rings is 2. The first-order chi connectivity index (χ1) is 23.8. The van der Waals surface area contributed by atoms with Crippen LogP contribution in [0.3, 0.4) is 0 Å². The third-order valence-electron chi connectivity index (χ3n) is 9.73. The van der Waals surface area contributed by atoms with Crippen LogP contribution in [-0.4, -0.2) is 80.4 Å². The van der Waals surface area contributed by atoms with Crippen LogP contribution in [0.2, 0.25) is 0 Å². The van der Waals surface area contributed by atoms with Gasteiger partial charge in [0.05, 0.1) is 36.6 Å². The van der Waals surface area contributed by atoms with Gasteiger partial charge in [-0.05, 0) is 92.9 Å². The van der Waals surface area contributed by atoms with E-state index < -0.39 is 0 Å². The maximum atomic E-state index is 13.2. The number of amides is 3. The van der Waals surface area contributed by atoms with Gasteiger partial charge >= 0.3 is 5.97 Å². The van der Waals surface area contributed by atoms with Crippen LogP contribution in [0.5, 0.6) is 0 Å². The fourth-order valence-electron chi connectivity index (χ4n) is 7.18. The molecule has 2 aromatic heterocycles. The van der Waals surface area contributed by atoms with Gasteiger partial charge in [0, 0.05) is 47.4 Å². The lowest BCUT2D eigenvalue weighted by Crippen LogP contribution is -2.44. The summed E-state index contributed by atoms with van der Waals surface area (Å²) in [6.45, 7) is 1.14. The highest BCUT2D eigenvalue weighted by atomic mass is 32.1. The van der Waals surface area contributed by atoms with Crippen molar-refractivity contribution in [1.82, 2.24) is 15.5 Å². The predicted molar refractivity (Wildman–Crippen MR) is 187 cm³/mol. The minimum Gasteiger partial charge on any atom is -0.495 e. The number of carbonyl (C=O) groups is 4. The summed E-state index contributed by atoms with van der Waals surface area (Å²) in [7, 11) is 3.00. The van der Waals surface area contributed by atoms with Gasteiger partial charge in [-0.15, -0.1) is 22.7 Å². The monoisotopic (exact) mass is 704 g/mol. The van der Waals surface area contributed by atoms with Crippen LogP contribution >= 0.6 is 22.7 Å². The van der Waals surface area contributed by atoms with Crippen LogP contribution in [0.25, 0.3) is 12.2 Å². The minimum absolute atomic E-state index is 0.0839. The van der Waals surface area contributed by atoms with E-state index in [-0.39, 0.29) is 47.8 Å². The van der Waals surface area contributed by atoms with E-state index in [2.05, 4.69) is 10.6 Å². The molecule has 0 bridgehead atoms. The van der Waals surface area contributed by atoms with Crippen molar-refractivity contribution >= 4 is 64.7 Å². The molecule has 49 heavy (non-hydrogen) atoms. The highest BCUT2D eigenvalue weighted by Crippen LogP contribution is 2.35. The SMILES string of the molecule is COC(=O)c1cc2c(s1)CCC(NC(=O)c1cc3c(s1)CCC(NC(=O)CCCOC1=CC4N=C[C@@H]5CCCN5C(=O)C4CC1OC)=C3)=C2. The van der Waals surface area contributed by atoms with Crippen molar-refractivity contribution < 1.29 is 33.4 Å². The molecule has 4 heterocycles. The van der Waals surface area contributed by atoms with E-state index in [0.29, 0.717) is 54.2 Å². The van der Waals surface area contributed by atoms with E-state index in [9.17, 15) is 19.2 Å². The largest absolute Gasteiger partial charge is 0.495 e. The van der Waals surface area contributed by atoms with Crippen molar-refractivity contribution in [3.63, 3.8) is 0 Å². The summed E-state index contributed by atoms with van der Waals surface area (Å²) in [4.78, 5) is 61.2. The van der Waals surface area contributed by atoms with Crippen molar-refractivity contribution in [3.8, 4) is 0 Å². The van der Waals surface area contributed by atoms with Crippen molar-refractivity contribution in [2.45, 2.75) is 76.0 Å². The number of hydrogen-bond acceptors (Lipinski definition) is 10. The van der Waals surface area contributed by atoms with Gasteiger partial charge in [-0.3, -0.25) is 19.4 Å². The Kier molecular flexibility index (Phi) is 9.84. The summed E-state index contributed by atoms with van der Waals surface area (Å²) >= 11 is 2.91. The first kappa shape index (κ1) is 33.4. The molecule has 3 aliphatic carbocycles. The van der Waals surface area contributed by atoms with Gasteiger partial charge in [0.1, 0.15) is 16.7 Å². The molecule has 2 aromatic rings. The van der Waals surface area contributed by atoms with Gasteiger partial charge in [0.2, 0.25) is 11.8 Å². The van der Waals surface area contributed by atoms with Gasteiger partial charge < -0.3 is 29.7 Å². The van der Waals surface area contributed by atoms with Gasteiger partial charge in [-0.2, -0.15) is 0 Å². The van der Waals surface area contributed by atoms with Crippen LogP contribution in [0.1, 0.15) is 85.2 Å². The Labute approximate surface area is 293 Å². The van der Waals surface area contributed by atoms with E-state index in [1.54, 1.807) is 7.11 Å². The second-order valence-electron chi connectivity index (χ2n) is 12.9. The molecule has 13 heteroatoms. The van der Waals surface area contributed by atoms with Crippen LogP contribution in [-0.2, 0) is 36.6 Å². The molecule has 1 fully saturated rings. The van der Waals surface area contributed by atoms with Crippen molar-refractivity contribution in [3.05, 3.63) is 66.0 Å². The summed E-state index contributed by atoms with van der Waals surface area (Å²) in [5, 5.41) is 6.09. The summed E-state index contributed by atoms with van der Waals surface area (Å²) in [5.41, 5.74) is 3.55. The number of aliphatic imine (C=N–C) groups is 1. The molecule has 3 unspecified atom stereocenters. The number of carbonyl (C=O) groups excluding carboxylic acids is 4. The molecule has 0 radical (unpaired) electrons. The second-order valence-corrected chi connectivity index (χ2v) is 15.2. The highest BCUT2D eigenvalue weighted by molar-refractivity contribution is 7.14. The molecule has 7 rings (SSSR count). The van der Waals surface area contributed by atoms with E-state index >= 15 is 0 Å². The Balaban J connectivity index is 0.897. The number of rotatable bonds is 10. The van der Waals surface area contributed by atoms with Crippen molar-refractivity contribution in [2.24, 2.45) is 10.9 Å². The molecule has 2 N–H and O–H groups in total. The predicted octanol–water partition coefficient (Wildman–Crippen LogP) is 4.88. The number of nitrogens with zero attached hydrogens (tertiary/aromatic N) is 2. The quantitative estimate of drug-likeness (QED) is 0.266. The summed E-state index contributed by atoms with van der Waals surface area (Å²) in [6.07, 6.45) is 13.6. The van der Waals surface area contributed by atoms with Gasteiger partial charge in [0.25, 0.3) is 5.91 Å². The Morgan fingerprint density at radius 2 is 1.69 bits per heavy atom. The number of fused-ring (bicyclic) bond motifs is 4. The number of ether oxygens (including phenoxy) is 3. The van der Waals surface area contributed by atoms with E-state index in [1.165, 1.54) is 29.8 Å². The molecule has 258 valence electrons. The zero-order valence-electron chi connectivity index (χ0n) is 27.6.